The molecule has 1 N–H and O–H groups in total. The van der Waals surface area contributed by atoms with Gasteiger partial charge < -0.3 is 29.3 Å². The molecule has 3 aliphatic rings. The Morgan fingerprint density at radius 2 is 1.78 bits per heavy atom. The number of aliphatic hydroxyl groups excluding tert-OH is 1. The lowest BCUT2D eigenvalue weighted by molar-refractivity contribution is -0.164. The van der Waals surface area contributed by atoms with Gasteiger partial charge in [0.2, 0.25) is 11.8 Å². The van der Waals surface area contributed by atoms with E-state index in [1.807, 2.05) is 79.7 Å². The number of likely N-dealkylation sites (tertiary alicyclic amines) is 1. The number of hydrogen-bond donors (Lipinski definition) is 1. The zero-order valence-corrected chi connectivity index (χ0v) is 28.6. The first-order chi connectivity index (χ1) is 24.2. The lowest BCUT2D eigenvalue weighted by Crippen LogP contribution is -2.56. The molecule has 3 saturated heterocycles. The number of fused-ring (bicyclic) bond motifs is 2. The summed E-state index contributed by atoms with van der Waals surface area (Å²) in [5, 5.41) is 12.1. The van der Waals surface area contributed by atoms with E-state index >= 15 is 0 Å². The average molecular weight is 680 g/mol. The van der Waals surface area contributed by atoms with Crippen LogP contribution in [0.1, 0.15) is 44.3 Å². The van der Waals surface area contributed by atoms with E-state index in [2.05, 4.69) is 13.2 Å². The second-order valence-electron chi connectivity index (χ2n) is 13.4. The van der Waals surface area contributed by atoms with E-state index in [-0.39, 0.29) is 37.9 Å². The van der Waals surface area contributed by atoms with Crippen molar-refractivity contribution in [1.29, 1.82) is 0 Å². The van der Waals surface area contributed by atoms with Crippen molar-refractivity contribution >= 4 is 40.2 Å². The molecule has 3 aromatic rings. The third kappa shape index (κ3) is 6.11. The molecular formula is C40H45N3O7. The third-order valence-corrected chi connectivity index (χ3v) is 10.6. The summed E-state index contributed by atoms with van der Waals surface area (Å²) in [5.41, 5.74) is 0.0673. The molecule has 3 aromatic carbocycles. The first-order valence-corrected chi connectivity index (χ1v) is 17.3. The Hall–Kier alpha value is -4.80. The van der Waals surface area contributed by atoms with Crippen molar-refractivity contribution < 1.29 is 33.8 Å². The Balaban J connectivity index is 1.32. The van der Waals surface area contributed by atoms with Gasteiger partial charge in [0, 0.05) is 32.2 Å². The lowest BCUT2D eigenvalue weighted by atomic mass is 9.70. The van der Waals surface area contributed by atoms with E-state index in [1.54, 1.807) is 29.0 Å². The summed E-state index contributed by atoms with van der Waals surface area (Å²) >= 11 is 0. The number of benzene rings is 3. The summed E-state index contributed by atoms with van der Waals surface area (Å²) in [6, 6.07) is 21.2. The summed E-state index contributed by atoms with van der Waals surface area (Å²) in [4.78, 5) is 61.0. The molecule has 3 amide bonds. The van der Waals surface area contributed by atoms with E-state index in [0.717, 1.165) is 10.8 Å². The summed E-state index contributed by atoms with van der Waals surface area (Å²) in [6.45, 7) is 9.14. The first-order valence-electron chi connectivity index (χ1n) is 17.3. The molecule has 262 valence electrons. The Morgan fingerprint density at radius 3 is 2.48 bits per heavy atom. The van der Waals surface area contributed by atoms with Gasteiger partial charge in [0.1, 0.15) is 17.7 Å². The standard InChI is InChI=1S/C40H45N3O7/c1-5-7-17-32(45)41(4)26(3)35(28-14-9-8-10-15-28)49-39(48)33-31-20-21-40(50-31)34(33)37(46)43(23-24-44)36(40)38(47)42(22-6-2)30-19-18-27-13-11-12-16-29(27)25-30/h5-6,8-16,18-19,25-26,31,33-36,44H,1-2,7,17,20-24H2,3-4H3/t26-,31+,33-,34-,35+,36+,40-/m0/s1. The molecule has 3 aliphatic heterocycles. The number of rotatable bonds is 14. The highest BCUT2D eigenvalue weighted by atomic mass is 16.6. The number of carbonyl (C=O) groups excluding carboxylic acids is 4. The van der Waals surface area contributed by atoms with Gasteiger partial charge in [0.25, 0.3) is 5.91 Å². The number of carbonyl (C=O) groups is 4. The fraction of sp³-hybridized carbons (Fsp3) is 0.400. The molecule has 10 nitrogen and oxygen atoms in total. The van der Waals surface area contributed by atoms with Gasteiger partial charge in [-0.1, -0.05) is 72.8 Å². The van der Waals surface area contributed by atoms with Gasteiger partial charge in [-0.05, 0) is 54.7 Å². The number of ether oxygens (including phenoxy) is 2. The normalized spacial score (nSPS) is 24.8. The zero-order valence-electron chi connectivity index (χ0n) is 28.6. The van der Waals surface area contributed by atoms with Gasteiger partial charge in [-0.3, -0.25) is 19.2 Å². The third-order valence-electron chi connectivity index (χ3n) is 10.6. The van der Waals surface area contributed by atoms with Crippen LogP contribution in [-0.4, -0.2) is 89.1 Å². The van der Waals surface area contributed by atoms with Crippen molar-refractivity contribution in [1.82, 2.24) is 9.80 Å². The Kier molecular flexibility index (Phi) is 10.2. The van der Waals surface area contributed by atoms with Crippen molar-refractivity contribution in [2.45, 2.75) is 62.5 Å². The van der Waals surface area contributed by atoms with Crippen LogP contribution in [0.25, 0.3) is 10.8 Å². The van der Waals surface area contributed by atoms with E-state index < -0.39 is 53.6 Å². The molecule has 0 aliphatic carbocycles. The van der Waals surface area contributed by atoms with Crippen LogP contribution in [0.15, 0.2) is 98.1 Å². The first kappa shape index (κ1) is 35.0. The Bertz CT molecular complexity index is 1780. The second kappa shape index (κ2) is 14.6. The number of allylic oxidation sites excluding steroid dienone is 1. The summed E-state index contributed by atoms with van der Waals surface area (Å²) in [5.74, 6) is -3.45. The molecule has 10 heteroatoms. The maximum Gasteiger partial charge on any atom is 0.313 e. The van der Waals surface area contributed by atoms with Crippen LogP contribution in [0.3, 0.4) is 0 Å². The van der Waals surface area contributed by atoms with Gasteiger partial charge in [0.15, 0.2) is 0 Å². The van der Waals surface area contributed by atoms with Crippen LogP contribution in [0.4, 0.5) is 5.69 Å². The van der Waals surface area contributed by atoms with Crippen molar-refractivity contribution in [3.63, 3.8) is 0 Å². The van der Waals surface area contributed by atoms with Crippen molar-refractivity contribution in [3.05, 3.63) is 104 Å². The van der Waals surface area contributed by atoms with Crippen LogP contribution >= 0.6 is 0 Å². The van der Waals surface area contributed by atoms with Crippen LogP contribution < -0.4 is 4.90 Å². The summed E-state index contributed by atoms with van der Waals surface area (Å²) < 4.78 is 12.9. The minimum Gasteiger partial charge on any atom is -0.455 e. The van der Waals surface area contributed by atoms with Gasteiger partial charge >= 0.3 is 5.97 Å². The number of anilines is 1. The highest BCUT2D eigenvalue weighted by Gasteiger charge is 2.75. The molecule has 50 heavy (non-hydrogen) atoms. The predicted molar refractivity (Wildman–Crippen MR) is 190 cm³/mol. The van der Waals surface area contributed by atoms with Crippen molar-refractivity contribution in [2.75, 3.05) is 31.6 Å². The highest BCUT2D eigenvalue weighted by Crippen LogP contribution is 2.59. The number of β-amino-alcohol motifs (C(OH)–C–C–N with tert-alkyl or cyclic N) is 1. The quantitative estimate of drug-likeness (QED) is 0.192. The SMILES string of the molecule is C=CCCC(=O)N(C)[C@@H](C)[C@@H](OC(=O)[C@@H]1[C@H]2C(=O)N(CCO)[C@H](C(=O)N(CC=C)c3ccc4ccccc4c3)[C@]23CC[C@H]1O3)c1ccccc1. The predicted octanol–water partition coefficient (Wildman–Crippen LogP) is 4.82. The van der Waals surface area contributed by atoms with Gasteiger partial charge in [0.05, 0.1) is 30.6 Å². The maximum absolute atomic E-state index is 14.7. The molecule has 0 aromatic heterocycles. The molecule has 0 unspecified atom stereocenters. The monoisotopic (exact) mass is 679 g/mol. The number of nitrogens with zero attached hydrogens (tertiary/aromatic N) is 3. The van der Waals surface area contributed by atoms with Crippen LogP contribution in [-0.2, 0) is 28.7 Å². The minimum atomic E-state index is -1.28. The molecule has 6 rings (SSSR count). The van der Waals surface area contributed by atoms with Gasteiger partial charge in [-0.15, -0.1) is 13.2 Å². The fourth-order valence-electron chi connectivity index (χ4n) is 8.12. The number of aliphatic hydroxyl groups is 1. The van der Waals surface area contributed by atoms with Gasteiger partial charge in [-0.2, -0.15) is 0 Å². The number of amides is 3. The molecule has 2 bridgehead atoms. The van der Waals surface area contributed by atoms with Crippen LogP contribution in [0, 0.1) is 11.8 Å². The topological polar surface area (TPSA) is 117 Å². The molecule has 1 spiro atoms. The lowest BCUT2D eigenvalue weighted by Gasteiger charge is -2.36. The smallest absolute Gasteiger partial charge is 0.313 e. The second-order valence-corrected chi connectivity index (χ2v) is 13.4. The van der Waals surface area contributed by atoms with Crippen molar-refractivity contribution in [3.8, 4) is 0 Å². The fourth-order valence-corrected chi connectivity index (χ4v) is 8.12. The van der Waals surface area contributed by atoms with E-state index in [0.29, 0.717) is 30.5 Å². The number of hydrogen-bond acceptors (Lipinski definition) is 7. The Labute approximate surface area is 292 Å². The van der Waals surface area contributed by atoms with E-state index in [4.69, 9.17) is 9.47 Å². The zero-order chi connectivity index (χ0) is 35.6. The largest absolute Gasteiger partial charge is 0.455 e. The summed E-state index contributed by atoms with van der Waals surface area (Å²) in [6.07, 6.45) is 3.52. The van der Waals surface area contributed by atoms with Crippen LogP contribution in [0.5, 0.6) is 0 Å². The molecule has 0 saturated carbocycles. The van der Waals surface area contributed by atoms with E-state index in [1.165, 1.54) is 4.90 Å². The maximum atomic E-state index is 14.7. The molecular weight excluding hydrogens is 634 g/mol. The number of esters is 1. The van der Waals surface area contributed by atoms with Crippen molar-refractivity contribution in [2.24, 2.45) is 11.8 Å². The molecule has 3 heterocycles. The molecule has 7 atom stereocenters. The molecule has 3 fully saturated rings. The average Bonchev–Trinajstić information content (AvgIpc) is 3.78. The molecule has 0 radical (unpaired) electrons. The van der Waals surface area contributed by atoms with Gasteiger partial charge in [-0.25, -0.2) is 0 Å². The van der Waals surface area contributed by atoms with E-state index in [9.17, 15) is 24.3 Å². The summed E-state index contributed by atoms with van der Waals surface area (Å²) in [7, 11) is 1.68. The van der Waals surface area contributed by atoms with Crippen LogP contribution in [0.2, 0.25) is 0 Å². The minimum absolute atomic E-state index is 0.0930. The Morgan fingerprint density at radius 1 is 1.06 bits per heavy atom. The highest BCUT2D eigenvalue weighted by molar-refractivity contribution is 6.05. The number of likely N-dealkylation sites (N-methyl/N-ethyl adjacent to an activating group) is 1.